The second kappa shape index (κ2) is 6.86. The third-order valence-corrected chi connectivity index (χ3v) is 5.78. The molecular weight excluding hydrogens is 355 g/mol. The van der Waals surface area contributed by atoms with Crippen molar-refractivity contribution in [3.05, 3.63) is 64.7 Å². The molecule has 1 saturated carbocycles. The number of hydrogen-bond donors (Lipinski definition) is 1. The minimum atomic E-state index is -0.392. The number of benzene rings is 2. The number of para-hydroxylation sites is 1. The predicted octanol–water partition coefficient (Wildman–Crippen LogP) is 4.62. The molecule has 5 nitrogen and oxygen atoms in total. The predicted molar refractivity (Wildman–Crippen MR) is 106 cm³/mol. The van der Waals surface area contributed by atoms with Gasteiger partial charge in [-0.05, 0) is 55.2 Å². The minimum Gasteiger partial charge on any atom is -0.363 e. The molecule has 0 spiro atoms. The molecule has 2 aromatic carbocycles. The van der Waals surface area contributed by atoms with E-state index in [4.69, 9.17) is 5.10 Å². The van der Waals surface area contributed by atoms with E-state index in [2.05, 4.69) is 10.3 Å². The first kappa shape index (κ1) is 17.1. The van der Waals surface area contributed by atoms with Gasteiger partial charge in [-0.15, -0.1) is 0 Å². The van der Waals surface area contributed by atoms with Crippen LogP contribution in [0.15, 0.2) is 53.3 Å². The Bertz CT molecular complexity index is 1070. The van der Waals surface area contributed by atoms with Gasteiger partial charge < -0.3 is 5.32 Å². The van der Waals surface area contributed by atoms with Crippen molar-refractivity contribution >= 4 is 5.69 Å². The quantitative estimate of drug-likeness (QED) is 0.709. The normalized spacial score (nSPS) is 18.8. The van der Waals surface area contributed by atoms with Crippen LogP contribution in [0.25, 0.3) is 22.6 Å². The van der Waals surface area contributed by atoms with Gasteiger partial charge in [-0.3, -0.25) is 4.79 Å². The molecule has 2 aliphatic rings. The average Bonchev–Trinajstić information content (AvgIpc) is 2.74. The Morgan fingerprint density at radius 1 is 1.00 bits per heavy atom. The lowest BCUT2D eigenvalue weighted by Crippen LogP contribution is -2.36. The molecule has 0 unspecified atom stereocenters. The Labute approximate surface area is 162 Å². The zero-order chi connectivity index (χ0) is 19.1. The summed E-state index contributed by atoms with van der Waals surface area (Å²) >= 11 is 0. The van der Waals surface area contributed by atoms with Gasteiger partial charge in [0.1, 0.15) is 12.0 Å². The maximum absolute atomic E-state index is 13.3. The van der Waals surface area contributed by atoms with Gasteiger partial charge in [-0.25, -0.2) is 9.07 Å². The highest BCUT2D eigenvalue weighted by molar-refractivity contribution is 5.76. The SMILES string of the molecule is O=c1nc2n(nc1-c1ccc(F)cc1)[C@@H](C1CCCCC1)Nc1ccccc1-2. The van der Waals surface area contributed by atoms with Crippen LogP contribution in [-0.2, 0) is 0 Å². The van der Waals surface area contributed by atoms with Crippen molar-refractivity contribution in [1.82, 2.24) is 14.8 Å². The molecule has 1 aromatic heterocycles. The zero-order valence-electron chi connectivity index (χ0n) is 15.4. The highest BCUT2D eigenvalue weighted by Crippen LogP contribution is 2.40. The molecule has 0 radical (unpaired) electrons. The number of fused-ring (bicyclic) bond motifs is 3. The fourth-order valence-electron chi connectivity index (χ4n) is 4.36. The number of nitrogens with one attached hydrogen (secondary N) is 1. The number of hydrogen-bond acceptors (Lipinski definition) is 4. The minimum absolute atomic E-state index is 0.0440. The summed E-state index contributed by atoms with van der Waals surface area (Å²) in [4.78, 5) is 17.2. The van der Waals surface area contributed by atoms with E-state index in [9.17, 15) is 9.18 Å². The Kier molecular flexibility index (Phi) is 4.19. The van der Waals surface area contributed by atoms with E-state index in [1.54, 1.807) is 12.1 Å². The maximum Gasteiger partial charge on any atom is 0.300 e. The molecule has 1 fully saturated rings. The summed E-state index contributed by atoms with van der Waals surface area (Å²) in [6.07, 6.45) is 5.88. The fourth-order valence-corrected chi connectivity index (χ4v) is 4.36. The molecule has 0 saturated heterocycles. The number of anilines is 1. The molecule has 0 amide bonds. The Morgan fingerprint density at radius 2 is 1.75 bits per heavy atom. The van der Waals surface area contributed by atoms with E-state index in [-0.39, 0.29) is 17.7 Å². The molecule has 0 bridgehead atoms. The molecule has 1 atom stereocenters. The van der Waals surface area contributed by atoms with Crippen LogP contribution in [0.4, 0.5) is 10.1 Å². The van der Waals surface area contributed by atoms with Gasteiger partial charge in [0.25, 0.3) is 5.56 Å². The maximum atomic E-state index is 13.3. The van der Waals surface area contributed by atoms with E-state index < -0.39 is 5.56 Å². The monoisotopic (exact) mass is 376 g/mol. The van der Waals surface area contributed by atoms with E-state index in [1.165, 1.54) is 31.4 Å². The largest absolute Gasteiger partial charge is 0.363 e. The van der Waals surface area contributed by atoms with E-state index >= 15 is 0 Å². The van der Waals surface area contributed by atoms with Crippen molar-refractivity contribution in [2.75, 3.05) is 5.32 Å². The number of aromatic nitrogens is 3. The van der Waals surface area contributed by atoms with E-state index in [0.29, 0.717) is 17.3 Å². The summed E-state index contributed by atoms with van der Waals surface area (Å²) in [6.45, 7) is 0. The third kappa shape index (κ3) is 2.89. The van der Waals surface area contributed by atoms with Crippen LogP contribution in [0, 0.1) is 11.7 Å². The molecule has 1 aliphatic carbocycles. The van der Waals surface area contributed by atoms with Crippen LogP contribution in [0.3, 0.4) is 0 Å². The smallest absolute Gasteiger partial charge is 0.300 e. The molecule has 6 heteroatoms. The Balaban J connectivity index is 1.68. The van der Waals surface area contributed by atoms with Gasteiger partial charge in [-0.1, -0.05) is 31.4 Å². The van der Waals surface area contributed by atoms with Crippen molar-refractivity contribution in [2.45, 2.75) is 38.3 Å². The summed E-state index contributed by atoms with van der Waals surface area (Å²) < 4.78 is 15.2. The van der Waals surface area contributed by atoms with Gasteiger partial charge in [0, 0.05) is 16.8 Å². The Morgan fingerprint density at radius 3 is 2.54 bits per heavy atom. The molecule has 2 heterocycles. The van der Waals surface area contributed by atoms with Crippen molar-refractivity contribution in [2.24, 2.45) is 5.92 Å². The van der Waals surface area contributed by atoms with Gasteiger partial charge in [0.05, 0.1) is 0 Å². The number of rotatable bonds is 2. The van der Waals surface area contributed by atoms with Gasteiger partial charge in [-0.2, -0.15) is 10.1 Å². The number of halogens is 1. The molecular formula is C22H21FN4O. The molecule has 5 rings (SSSR count). The van der Waals surface area contributed by atoms with Crippen molar-refractivity contribution in [3.8, 4) is 22.6 Å². The molecule has 1 N–H and O–H groups in total. The highest BCUT2D eigenvalue weighted by Gasteiger charge is 2.32. The van der Waals surface area contributed by atoms with Crippen LogP contribution in [0.5, 0.6) is 0 Å². The summed E-state index contributed by atoms with van der Waals surface area (Å²) in [6, 6.07) is 13.7. The van der Waals surface area contributed by atoms with E-state index in [1.807, 2.05) is 28.9 Å². The number of nitrogens with zero attached hydrogens (tertiary/aromatic N) is 3. The second-order valence-electron chi connectivity index (χ2n) is 7.57. The third-order valence-electron chi connectivity index (χ3n) is 5.78. The van der Waals surface area contributed by atoms with Gasteiger partial charge >= 0.3 is 0 Å². The van der Waals surface area contributed by atoms with Crippen LogP contribution < -0.4 is 10.9 Å². The first-order valence-electron chi connectivity index (χ1n) is 9.83. The standard InChI is InChI=1S/C22H21FN4O/c23-16-12-10-14(11-13-16)19-22(28)25-21-17-8-4-5-9-18(17)24-20(27(21)26-19)15-6-2-1-3-7-15/h4-5,8-13,15,20,24H,1-3,6-7H2/t20-/m0/s1. The van der Waals surface area contributed by atoms with Gasteiger partial charge in [0.15, 0.2) is 11.5 Å². The van der Waals surface area contributed by atoms with Crippen LogP contribution >= 0.6 is 0 Å². The molecule has 3 aromatic rings. The van der Waals surface area contributed by atoms with Gasteiger partial charge in [0.2, 0.25) is 0 Å². The summed E-state index contributed by atoms with van der Waals surface area (Å²) in [5, 5.41) is 8.35. The lowest BCUT2D eigenvalue weighted by molar-refractivity contribution is 0.253. The fraction of sp³-hybridized carbons (Fsp3) is 0.318. The van der Waals surface area contributed by atoms with Crippen molar-refractivity contribution in [3.63, 3.8) is 0 Å². The lowest BCUT2D eigenvalue weighted by atomic mass is 9.86. The zero-order valence-corrected chi connectivity index (χ0v) is 15.4. The molecule has 142 valence electrons. The first-order chi connectivity index (χ1) is 13.7. The molecule has 28 heavy (non-hydrogen) atoms. The lowest BCUT2D eigenvalue weighted by Gasteiger charge is -2.37. The van der Waals surface area contributed by atoms with Crippen molar-refractivity contribution < 1.29 is 4.39 Å². The topological polar surface area (TPSA) is 59.8 Å². The summed E-state index contributed by atoms with van der Waals surface area (Å²) in [5.41, 5.74) is 2.31. The summed E-state index contributed by atoms with van der Waals surface area (Å²) in [5.74, 6) is 0.685. The van der Waals surface area contributed by atoms with Crippen LogP contribution in [-0.4, -0.2) is 14.8 Å². The second-order valence-corrected chi connectivity index (χ2v) is 7.57. The van der Waals surface area contributed by atoms with Crippen molar-refractivity contribution in [1.29, 1.82) is 0 Å². The van der Waals surface area contributed by atoms with E-state index in [0.717, 1.165) is 24.1 Å². The highest BCUT2D eigenvalue weighted by atomic mass is 19.1. The van der Waals surface area contributed by atoms with Crippen LogP contribution in [0.1, 0.15) is 38.3 Å². The first-order valence-corrected chi connectivity index (χ1v) is 9.83. The Hall–Kier alpha value is -3.02. The molecule has 1 aliphatic heterocycles. The van der Waals surface area contributed by atoms with Crippen LogP contribution in [0.2, 0.25) is 0 Å². The summed E-state index contributed by atoms with van der Waals surface area (Å²) in [7, 11) is 0. The average molecular weight is 376 g/mol.